The fraction of sp³-hybridized carbons (Fsp3) is 0. The maximum atomic E-state index is 10.8. The van der Waals surface area contributed by atoms with Crippen LogP contribution in [0.3, 0.4) is 0 Å². The third-order valence-electron chi connectivity index (χ3n) is 2.46. The summed E-state index contributed by atoms with van der Waals surface area (Å²) in [6.07, 6.45) is 5.08. The van der Waals surface area contributed by atoms with Gasteiger partial charge in [0, 0.05) is 18.0 Å². The van der Waals surface area contributed by atoms with E-state index in [-0.39, 0.29) is 5.75 Å². The van der Waals surface area contributed by atoms with E-state index >= 15 is 0 Å². The fourth-order valence-electron chi connectivity index (χ4n) is 1.68. The average molecular weight is 279 g/mol. The van der Waals surface area contributed by atoms with Crippen LogP contribution in [0.2, 0.25) is 0 Å². The normalized spacial score (nSPS) is 11.8. The molecule has 0 aliphatic carbocycles. The number of imidazole rings is 1. The minimum atomic E-state index is -4.00. The molecule has 0 radical (unpaired) electrons. The SMILES string of the molecule is NS(=O)(=O)Oc1ccc(-c2cn3ccoc3n2)cc1. The minimum absolute atomic E-state index is 0.147. The molecule has 0 saturated carbocycles. The predicted molar refractivity (Wildman–Crippen MR) is 66.6 cm³/mol. The van der Waals surface area contributed by atoms with E-state index in [1.165, 1.54) is 18.4 Å². The van der Waals surface area contributed by atoms with Crippen molar-refractivity contribution in [3.05, 3.63) is 42.9 Å². The molecule has 8 heteroatoms. The average Bonchev–Trinajstić information content (AvgIpc) is 2.87. The first-order chi connectivity index (χ1) is 9.01. The van der Waals surface area contributed by atoms with Gasteiger partial charge in [-0.15, -0.1) is 0 Å². The summed E-state index contributed by atoms with van der Waals surface area (Å²) >= 11 is 0. The molecular formula is C11H9N3O4S. The van der Waals surface area contributed by atoms with Crippen molar-refractivity contribution in [2.24, 2.45) is 5.14 Å². The van der Waals surface area contributed by atoms with E-state index in [0.29, 0.717) is 11.5 Å². The molecule has 0 unspecified atom stereocenters. The van der Waals surface area contributed by atoms with Crippen LogP contribution in [0.5, 0.6) is 5.75 Å². The van der Waals surface area contributed by atoms with Gasteiger partial charge in [-0.05, 0) is 24.3 Å². The van der Waals surface area contributed by atoms with Crippen LogP contribution in [0.15, 0.2) is 47.3 Å². The van der Waals surface area contributed by atoms with Gasteiger partial charge in [0.25, 0.3) is 0 Å². The lowest BCUT2D eigenvalue weighted by molar-refractivity contribution is 0.488. The molecule has 19 heavy (non-hydrogen) atoms. The highest BCUT2D eigenvalue weighted by molar-refractivity contribution is 7.84. The Balaban J connectivity index is 1.92. The van der Waals surface area contributed by atoms with Crippen molar-refractivity contribution in [3.8, 4) is 17.0 Å². The molecule has 0 bridgehead atoms. The molecule has 1 aromatic carbocycles. The van der Waals surface area contributed by atoms with Gasteiger partial charge in [-0.2, -0.15) is 18.5 Å². The van der Waals surface area contributed by atoms with Gasteiger partial charge in [-0.1, -0.05) is 0 Å². The zero-order valence-electron chi connectivity index (χ0n) is 9.55. The Morgan fingerprint density at radius 1 is 1.26 bits per heavy atom. The lowest BCUT2D eigenvalue weighted by atomic mass is 10.2. The summed E-state index contributed by atoms with van der Waals surface area (Å²) in [5, 5.41) is 4.78. The molecule has 0 atom stereocenters. The van der Waals surface area contributed by atoms with Crippen molar-refractivity contribution in [2.75, 3.05) is 0 Å². The second kappa shape index (κ2) is 4.11. The van der Waals surface area contributed by atoms with E-state index in [1.807, 2.05) is 0 Å². The fourth-order valence-corrected chi connectivity index (χ4v) is 2.06. The second-order valence-electron chi connectivity index (χ2n) is 3.82. The first-order valence-electron chi connectivity index (χ1n) is 5.26. The van der Waals surface area contributed by atoms with Gasteiger partial charge in [0.05, 0.1) is 5.69 Å². The van der Waals surface area contributed by atoms with Gasteiger partial charge in [0.1, 0.15) is 12.0 Å². The molecule has 3 aromatic rings. The highest BCUT2D eigenvalue weighted by Gasteiger charge is 2.08. The zero-order chi connectivity index (χ0) is 13.5. The van der Waals surface area contributed by atoms with Crippen LogP contribution < -0.4 is 9.32 Å². The minimum Gasteiger partial charge on any atom is -0.432 e. The standard InChI is InChI=1S/C11H9N3O4S/c12-19(15,16)18-9-3-1-8(2-4-9)10-7-14-5-6-17-11(14)13-10/h1-7H,(H2,12,15,16). The number of hydrogen-bond donors (Lipinski definition) is 1. The summed E-state index contributed by atoms with van der Waals surface area (Å²) in [5.41, 5.74) is 1.52. The van der Waals surface area contributed by atoms with Gasteiger partial charge in [0.15, 0.2) is 0 Å². The number of fused-ring (bicyclic) bond motifs is 1. The Bertz CT molecular complexity index is 789. The van der Waals surface area contributed by atoms with E-state index in [2.05, 4.69) is 9.17 Å². The third kappa shape index (κ3) is 2.44. The van der Waals surface area contributed by atoms with Gasteiger partial charge in [-0.25, -0.2) is 0 Å². The maximum absolute atomic E-state index is 10.8. The first kappa shape index (κ1) is 11.8. The molecule has 0 aliphatic heterocycles. The van der Waals surface area contributed by atoms with Gasteiger partial charge in [-0.3, -0.25) is 4.40 Å². The smallest absolute Gasteiger partial charge is 0.380 e. The summed E-state index contributed by atoms with van der Waals surface area (Å²) in [6.45, 7) is 0. The van der Waals surface area contributed by atoms with E-state index in [1.54, 1.807) is 28.9 Å². The van der Waals surface area contributed by atoms with E-state index in [9.17, 15) is 8.42 Å². The summed E-state index contributed by atoms with van der Waals surface area (Å²) in [5.74, 6) is 0.633. The molecule has 0 saturated heterocycles. The Morgan fingerprint density at radius 3 is 2.63 bits per heavy atom. The largest absolute Gasteiger partial charge is 0.432 e. The van der Waals surface area contributed by atoms with Crippen LogP contribution in [0, 0.1) is 0 Å². The van der Waals surface area contributed by atoms with Crippen LogP contribution in [-0.4, -0.2) is 17.8 Å². The number of nitrogens with two attached hydrogens (primary N) is 1. The molecule has 0 amide bonds. The molecule has 0 aliphatic rings. The van der Waals surface area contributed by atoms with Gasteiger partial charge in [0.2, 0.25) is 0 Å². The summed E-state index contributed by atoms with van der Waals surface area (Å²) in [7, 11) is -4.00. The first-order valence-corrected chi connectivity index (χ1v) is 6.73. The number of nitrogens with zero attached hydrogens (tertiary/aromatic N) is 2. The number of rotatable bonds is 3. The van der Waals surface area contributed by atoms with Crippen molar-refractivity contribution in [1.29, 1.82) is 0 Å². The van der Waals surface area contributed by atoms with E-state index < -0.39 is 10.3 Å². The quantitative estimate of drug-likeness (QED) is 0.775. The molecule has 2 N–H and O–H groups in total. The molecule has 0 fully saturated rings. The monoisotopic (exact) mass is 279 g/mol. The van der Waals surface area contributed by atoms with Crippen molar-refractivity contribution < 1.29 is 17.0 Å². The molecule has 0 spiro atoms. The van der Waals surface area contributed by atoms with Gasteiger partial charge >= 0.3 is 16.1 Å². The zero-order valence-corrected chi connectivity index (χ0v) is 10.4. The summed E-state index contributed by atoms with van der Waals surface area (Å²) < 4.78 is 33.0. The summed E-state index contributed by atoms with van der Waals surface area (Å²) in [6, 6.07) is 6.37. The summed E-state index contributed by atoms with van der Waals surface area (Å²) in [4.78, 5) is 4.26. The lowest BCUT2D eigenvalue weighted by Crippen LogP contribution is -2.18. The number of oxazole rings is 1. The third-order valence-corrected chi connectivity index (χ3v) is 2.88. The van der Waals surface area contributed by atoms with Crippen molar-refractivity contribution in [3.63, 3.8) is 0 Å². The Kier molecular flexibility index (Phi) is 2.54. The molecule has 98 valence electrons. The molecule has 2 aromatic heterocycles. The Morgan fingerprint density at radius 2 is 2.00 bits per heavy atom. The van der Waals surface area contributed by atoms with Crippen LogP contribution in [-0.2, 0) is 10.3 Å². The predicted octanol–water partition coefficient (Wildman–Crippen LogP) is 1.18. The maximum Gasteiger partial charge on any atom is 0.380 e. The molecular weight excluding hydrogens is 270 g/mol. The van der Waals surface area contributed by atoms with E-state index in [4.69, 9.17) is 9.56 Å². The second-order valence-corrected chi connectivity index (χ2v) is 4.97. The lowest BCUT2D eigenvalue weighted by Gasteiger charge is -2.02. The molecule has 3 rings (SSSR count). The van der Waals surface area contributed by atoms with Crippen molar-refractivity contribution >= 4 is 16.1 Å². The Hall–Kier alpha value is -2.32. The van der Waals surface area contributed by atoms with Crippen LogP contribution in [0.4, 0.5) is 0 Å². The van der Waals surface area contributed by atoms with Crippen molar-refractivity contribution in [1.82, 2.24) is 9.38 Å². The highest BCUT2D eigenvalue weighted by atomic mass is 32.2. The van der Waals surface area contributed by atoms with Gasteiger partial charge < -0.3 is 8.60 Å². The van der Waals surface area contributed by atoms with E-state index in [0.717, 1.165) is 5.56 Å². The molecule has 7 nitrogen and oxygen atoms in total. The number of benzene rings is 1. The Labute approximate surface area is 108 Å². The van der Waals surface area contributed by atoms with Crippen LogP contribution in [0.25, 0.3) is 17.1 Å². The van der Waals surface area contributed by atoms with Crippen LogP contribution in [0.1, 0.15) is 0 Å². The van der Waals surface area contributed by atoms with Crippen molar-refractivity contribution in [2.45, 2.75) is 0 Å². The van der Waals surface area contributed by atoms with Crippen LogP contribution >= 0.6 is 0 Å². The highest BCUT2D eigenvalue weighted by Crippen LogP contribution is 2.22. The molecule has 2 heterocycles. The number of hydrogen-bond acceptors (Lipinski definition) is 5. The topological polar surface area (TPSA) is 99.8 Å². The number of aromatic nitrogens is 2.